The summed E-state index contributed by atoms with van der Waals surface area (Å²) in [4.78, 5) is 14.8. The van der Waals surface area contributed by atoms with Gasteiger partial charge in [-0.05, 0) is 45.7 Å². The molecule has 0 radical (unpaired) electrons. The number of ether oxygens (including phenoxy) is 1. The summed E-state index contributed by atoms with van der Waals surface area (Å²) in [6.07, 6.45) is 2.10. The van der Waals surface area contributed by atoms with Crippen LogP contribution in [0.25, 0.3) is 10.9 Å². The zero-order chi connectivity index (χ0) is 15.6. The zero-order valence-corrected chi connectivity index (χ0v) is 12.9. The molecule has 0 bridgehead atoms. The van der Waals surface area contributed by atoms with Crippen LogP contribution in [-0.2, 0) is 11.2 Å². The molecule has 1 heterocycles. The van der Waals surface area contributed by atoms with Crippen molar-refractivity contribution in [3.63, 3.8) is 0 Å². The van der Waals surface area contributed by atoms with Gasteiger partial charge in [0.1, 0.15) is 11.4 Å². The number of aromatic amines is 1. The standard InChI is InChI=1S/C16H22N2O3/c1-10(18-15(20)21-16(2,3)4)8-11-9-17-14-12(11)6-5-7-13(14)19/h5-7,9-10,17,19H,8H2,1-4H3,(H,18,20). The van der Waals surface area contributed by atoms with Crippen LogP contribution in [-0.4, -0.2) is 27.8 Å². The van der Waals surface area contributed by atoms with Gasteiger partial charge in [0.2, 0.25) is 0 Å². The third-order valence-electron chi connectivity index (χ3n) is 3.07. The first-order chi connectivity index (χ1) is 9.76. The Morgan fingerprint density at radius 1 is 1.43 bits per heavy atom. The Hall–Kier alpha value is -2.17. The molecule has 1 amide bonds. The van der Waals surface area contributed by atoms with Crippen LogP contribution in [0.5, 0.6) is 5.75 Å². The maximum Gasteiger partial charge on any atom is 0.407 e. The van der Waals surface area contributed by atoms with Crippen LogP contribution < -0.4 is 5.32 Å². The highest BCUT2D eigenvalue weighted by Crippen LogP contribution is 2.26. The van der Waals surface area contributed by atoms with Crippen molar-refractivity contribution in [2.24, 2.45) is 0 Å². The van der Waals surface area contributed by atoms with Crippen LogP contribution in [0.2, 0.25) is 0 Å². The number of carbonyl (C=O) groups is 1. The Morgan fingerprint density at radius 2 is 2.14 bits per heavy atom. The molecule has 1 aromatic heterocycles. The number of aromatic nitrogens is 1. The monoisotopic (exact) mass is 290 g/mol. The summed E-state index contributed by atoms with van der Waals surface area (Å²) in [6, 6.07) is 5.33. The Bertz CT molecular complexity index is 640. The molecule has 21 heavy (non-hydrogen) atoms. The summed E-state index contributed by atoms with van der Waals surface area (Å²) in [5.41, 5.74) is 1.26. The molecule has 0 aliphatic heterocycles. The molecule has 0 spiro atoms. The van der Waals surface area contributed by atoms with E-state index in [0.29, 0.717) is 6.42 Å². The number of phenolic OH excluding ortho intramolecular Hbond substituents is 1. The Kier molecular flexibility index (Phi) is 4.11. The summed E-state index contributed by atoms with van der Waals surface area (Å²) in [6.45, 7) is 7.42. The van der Waals surface area contributed by atoms with Crippen LogP contribution in [0.15, 0.2) is 24.4 Å². The highest BCUT2D eigenvalue weighted by atomic mass is 16.6. The lowest BCUT2D eigenvalue weighted by molar-refractivity contribution is 0.0508. The third-order valence-corrected chi connectivity index (χ3v) is 3.07. The number of amides is 1. The van der Waals surface area contributed by atoms with E-state index in [0.717, 1.165) is 16.5 Å². The molecule has 2 aromatic rings. The highest BCUT2D eigenvalue weighted by molar-refractivity contribution is 5.88. The fourth-order valence-corrected chi connectivity index (χ4v) is 2.25. The molecule has 1 unspecified atom stereocenters. The minimum atomic E-state index is -0.504. The number of phenols is 1. The van der Waals surface area contributed by atoms with E-state index in [2.05, 4.69) is 10.3 Å². The van der Waals surface area contributed by atoms with E-state index < -0.39 is 11.7 Å². The summed E-state index contributed by atoms with van der Waals surface area (Å²) < 4.78 is 5.24. The van der Waals surface area contributed by atoms with E-state index in [1.807, 2.05) is 40.0 Å². The minimum absolute atomic E-state index is 0.0683. The first kappa shape index (κ1) is 15.2. The van der Waals surface area contributed by atoms with E-state index in [-0.39, 0.29) is 11.8 Å². The lowest BCUT2D eigenvalue weighted by Gasteiger charge is -2.21. The van der Waals surface area contributed by atoms with Gasteiger partial charge in [0, 0.05) is 17.6 Å². The van der Waals surface area contributed by atoms with Crippen molar-refractivity contribution in [2.45, 2.75) is 45.8 Å². The van der Waals surface area contributed by atoms with Gasteiger partial charge >= 0.3 is 6.09 Å². The van der Waals surface area contributed by atoms with E-state index in [4.69, 9.17) is 4.74 Å². The fourth-order valence-electron chi connectivity index (χ4n) is 2.25. The summed E-state index contributed by atoms with van der Waals surface area (Å²) in [5.74, 6) is 0.228. The van der Waals surface area contributed by atoms with E-state index in [9.17, 15) is 9.90 Å². The van der Waals surface area contributed by atoms with Gasteiger partial charge in [-0.3, -0.25) is 0 Å². The van der Waals surface area contributed by atoms with Crippen LogP contribution in [0.4, 0.5) is 4.79 Å². The second-order valence-corrected chi connectivity index (χ2v) is 6.27. The highest BCUT2D eigenvalue weighted by Gasteiger charge is 2.18. The zero-order valence-electron chi connectivity index (χ0n) is 12.9. The van der Waals surface area contributed by atoms with Gasteiger partial charge in [-0.25, -0.2) is 4.79 Å². The summed E-state index contributed by atoms with van der Waals surface area (Å²) in [5, 5.41) is 13.6. The van der Waals surface area contributed by atoms with Crippen molar-refractivity contribution >= 4 is 17.0 Å². The fraction of sp³-hybridized carbons (Fsp3) is 0.438. The smallest absolute Gasteiger partial charge is 0.407 e. The SMILES string of the molecule is CC(Cc1c[nH]c2c(O)cccc12)NC(=O)OC(C)(C)C. The molecule has 1 atom stereocenters. The molecule has 5 heteroatoms. The van der Waals surface area contributed by atoms with Gasteiger partial charge in [0.05, 0.1) is 5.52 Å². The van der Waals surface area contributed by atoms with Crippen molar-refractivity contribution in [3.05, 3.63) is 30.0 Å². The normalized spacial score (nSPS) is 13.1. The molecule has 2 rings (SSSR count). The molecule has 0 aliphatic carbocycles. The molecular weight excluding hydrogens is 268 g/mol. The van der Waals surface area contributed by atoms with Gasteiger partial charge in [0.15, 0.2) is 0 Å². The number of aromatic hydroxyl groups is 1. The predicted octanol–water partition coefficient (Wildman–Crippen LogP) is 3.33. The van der Waals surface area contributed by atoms with Gasteiger partial charge in [-0.1, -0.05) is 12.1 Å². The average molecular weight is 290 g/mol. The molecule has 5 nitrogen and oxygen atoms in total. The van der Waals surface area contributed by atoms with Crippen LogP contribution in [0.3, 0.4) is 0 Å². The minimum Gasteiger partial charge on any atom is -0.506 e. The number of nitrogens with one attached hydrogen (secondary N) is 2. The van der Waals surface area contributed by atoms with Gasteiger partial charge in [-0.2, -0.15) is 0 Å². The van der Waals surface area contributed by atoms with Crippen molar-refractivity contribution in [1.29, 1.82) is 0 Å². The quantitative estimate of drug-likeness (QED) is 0.811. The van der Waals surface area contributed by atoms with Gasteiger partial charge < -0.3 is 20.1 Å². The average Bonchev–Trinajstić information content (AvgIpc) is 2.71. The van der Waals surface area contributed by atoms with E-state index in [1.165, 1.54) is 0 Å². The van der Waals surface area contributed by atoms with Crippen LogP contribution >= 0.6 is 0 Å². The molecule has 114 valence electrons. The lowest BCUT2D eigenvalue weighted by Crippen LogP contribution is -2.38. The molecule has 0 saturated heterocycles. The summed E-state index contributed by atoms with van der Waals surface area (Å²) >= 11 is 0. The predicted molar refractivity (Wildman–Crippen MR) is 82.5 cm³/mol. The molecule has 3 N–H and O–H groups in total. The molecule has 0 fully saturated rings. The van der Waals surface area contributed by atoms with E-state index >= 15 is 0 Å². The van der Waals surface area contributed by atoms with Gasteiger partial charge in [0.25, 0.3) is 0 Å². The number of alkyl carbamates (subject to hydrolysis) is 1. The number of benzene rings is 1. The van der Waals surface area contributed by atoms with Crippen molar-refractivity contribution in [3.8, 4) is 5.75 Å². The number of carbonyl (C=O) groups excluding carboxylic acids is 1. The maximum atomic E-state index is 11.7. The first-order valence-electron chi connectivity index (χ1n) is 7.04. The Balaban J connectivity index is 2.03. The lowest BCUT2D eigenvalue weighted by atomic mass is 10.1. The van der Waals surface area contributed by atoms with E-state index in [1.54, 1.807) is 12.1 Å². The van der Waals surface area contributed by atoms with Crippen LogP contribution in [0, 0.1) is 0 Å². The number of fused-ring (bicyclic) bond motifs is 1. The molecule has 1 aromatic carbocycles. The number of hydrogen-bond acceptors (Lipinski definition) is 3. The Morgan fingerprint density at radius 3 is 2.81 bits per heavy atom. The third kappa shape index (κ3) is 3.90. The second kappa shape index (κ2) is 5.68. The van der Waals surface area contributed by atoms with Crippen LogP contribution in [0.1, 0.15) is 33.3 Å². The second-order valence-electron chi connectivity index (χ2n) is 6.27. The molecule has 0 aliphatic rings. The topological polar surface area (TPSA) is 74.4 Å². The largest absolute Gasteiger partial charge is 0.506 e. The number of hydrogen-bond donors (Lipinski definition) is 3. The Labute approximate surface area is 124 Å². The van der Waals surface area contributed by atoms with Crippen molar-refractivity contribution in [2.75, 3.05) is 0 Å². The van der Waals surface area contributed by atoms with Gasteiger partial charge in [-0.15, -0.1) is 0 Å². The first-order valence-corrected chi connectivity index (χ1v) is 7.04. The summed E-state index contributed by atoms with van der Waals surface area (Å²) in [7, 11) is 0. The number of H-pyrrole nitrogens is 1. The number of para-hydroxylation sites is 1. The maximum absolute atomic E-state index is 11.7. The van der Waals surface area contributed by atoms with Crippen molar-refractivity contribution in [1.82, 2.24) is 10.3 Å². The molecule has 0 saturated carbocycles. The van der Waals surface area contributed by atoms with Crippen molar-refractivity contribution < 1.29 is 14.6 Å². The number of rotatable bonds is 3. The molecular formula is C16H22N2O3.